The summed E-state index contributed by atoms with van der Waals surface area (Å²) < 4.78 is 11.4. The molecule has 1 aliphatic heterocycles. The van der Waals surface area contributed by atoms with E-state index in [2.05, 4.69) is 11.4 Å². The average molecular weight is 332 g/mol. The van der Waals surface area contributed by atoms with E-state index in [-0.39, 0.29) is 23.3 Å². The predicted molar refractivity (Wildman–Crippen MR) is 93.0 cm³/mol. The van der Waals surface area contributed by atoms with Crippen molar-refractivity contribution in [3.05, 3.63) is 29.8 Å². The summed E-state index contributed by atoms with van der Waals surface area (Å²) in [6, 6.07) is 8.03. The Kier molecular flexibility index (Phi) is 4.58. The summed E-state index contributed by atoms with van der Waals surface area (Å²) in [5.74, 6) is 1.12. The standard InChI is InChI=1S/C19H28N2O3/c1-4-23-16-11-19(20,18(16,2)3)17(22)21-12-13-9-10-24-15-8-6-5-7-14(13)15/h5-8,13,16H,4,9-12,20H2,1-3H3,(H,21,22). The molecule has 1 aromatic carbocycles. The Morgan fingerprint density at radius 3 is 2.88 bits per heavy atom. The summed E-state index contributed by atoms with van der Waals surface area (Å²) in [6.07, 6.45) is 1.52. The van der Waals surface area contributed by atoms with E-state index in [9.17, 15) is 4.79 Å². The number of nitrogens with one attached hydrogen (secondary N) is 1. The Bertz CT molecular complexity index is 616. The smallest absolute Gasteiger partial charge is 0.240 e. The van der Waals surface area contributed by atoms with Gasteiger partial charge in [-0.3, -0.25) is 4.79 Å². The van der Waals surface area contributed by atoms with Crippen LogP contribution in [0.15, 0.2) is 24.3 Å². The topological polar surface area (TPSA) is 73.6 Å². The fourth-order valence-corrected chi connectivity index (χ4v) is 3.82. The SMILES string of the molecule is CCOC1CC(N)(C(=O)NCC2CCOc3ccccc32)C1(C)C. The van der Waals surface area contributed by atoms with Crippen molar-refractivity contribution in [2.45, 2.75) is 51.2 Å². The van der Waals surface area contributed by atoms with Crippen LogP contribution in [0.3, 0.4) is 0 Å². The molecule has 3 N–H and O–H groups in total. The minimum absolute atomic E-state index is 0.0436. The van der Waals surface area contributed by atoms with Crippen LogP contribution >= 0.6 is 0 Å². The van der Waals surface area contributed by atoms with Gasteiger partial charge in [-0.05, 0) is 25.0 Å². The van der Waals surface area contributed by atoms with E-state index >= 15 is 0 Å². The quantitative estimate of drug-likeness (QED) is 0.867. The van der Waals surface area contributed by atoms with E-state index < -0.39 is 5.54 Å². The first-order valence-corrected chi connectivity index (χ1v) is 8.80. The molecular formula is C19H28N2O3. The summed E-state index contributed by atoms with van der Waals surface area (Å²) in [6.45, 7) is 7.91. The van der Waals surface area contributed by atoms with Crippen LogP contribution < -0.4 is 15.8 Å². The average Bonchev–Trinajstić information content (AvgIpc) is 2.59. The minimum Gasteiger partial charge on any atom is -0.493 e. The molecule has 1 heterocycles. The number of nitrogens with two attached hydrogens (primary N) is 1. The van der Waals surface area contributed by atoms with Crippen LogP contribution in [0, 0.1) is 5.41 Å². The molecule has 0 radical (unpaired) electrons. The third-order valence-electron chi connectivity index (χ3n) is 5.83. The van der Waals surface area contributed by atoms with Gasteiger partial charge in [-0.1, -0.05) is 32.0 Å². The molecule has 0 aromatic heterocycles. The molecule has 0 spiro atoms. The maximum absolute atomic E-state index is 12.7. The van der Waals surface area contributed by atoms with Gasteiger partial charge >= 0.3 is 0 Å². The molecule has 1 aromatic rings. The van der Waals surface area contributed by atoms with Crippen LogP contribution in [-0.4, -0.2) is 37.3 Å². The molecule has 3 rings (SSSR count). The van der Waals surface area contributed by atoms with Crippen LogP contribution in [-0.2, 0) is 9.53 Å². The monoisotopic (exact) mass is 332 g/mol. The second-order valence-electron chi connectivity index (χ2n) is 7.42. The molecule has 1 aliphatic carbocycles. The van der Waals surface area contributed by atoms with E-state index in [0.29, 0.717) is 26.2 Å². The lowest BCUT2D eigenvalue weighted by Crippen LogP contribution is -2.75. The molecule has 3 unspecified atom stereocenters. The molecule has 0 bridgehead atoms. The highest BCUT2D eigenvalue weighted by atomic mass is 16.5. The molecule has 1 amide bonds. The van der Waals surface area contributed by atoms with Gasteiger partial charge in [0.25, 0.3) is 0 Å². The first kappa shape index (κ1) is 17.2. The summed E-state index contributed by atoms with van der Waals surface area (Å²) >= 11 is 0. The molecule has 0 saturated heterocycles. The molecule has 3 atom stereocenters. The lowest BCUT2D eigenvalue weighted by molar-refractivity contribution is -0.170. The fraction of sp³-hybridized carbons (Fsp3) is 0.632. The largest absolute Gasteiger partial charge is 0.493 e. The zero-order valence-electron chi connectivity index (χ0n) is 14.8. The Morgan fingerprint density at radius 2 is 2.17 bits per heavy atom. The van der Waals surface area contributed by atoms with Gasteiger partial charge in [-0.2, -0.15) is 0 Å². The van der Waals surface area contributed by atoms with Crippen molar-refractivity contribution in [1.82, 2.24) is 5.32 Å². The molecule has 5 heteroatoms. The molecule has 132 valence electrons. The number of para-hydroxylation sites is 1. The lowest BCUT2D eigenvalue weighted by Gasteiger charge is -2.57. The van der Waals surface area contributed by atoms with Crippen molar-refractivity contribution in [3.8, 4) is 5.75 Å². The van der Waals surface area contributed by atoms with Crippen LogP contribution in [0.5, 0.6) is 5.75 Å². The van der Waals surface area contributed by atoms with E-state index in [1.54, 1.807) is 0 Å². The van der Waals surface area contributed by atoms with Gasteiger partial charge in [0.15, 0.2) is 0 Å². The summed E-state index contributed by atoms with van der Waals surface area (Å²) in [4.78, 5) is 12.7. The van der Waals surface area contributed by atoms with E-state index in [0.717, 1.165) is 17.7 Å². The van der Waals surface area contributed by atoms with E-state index in [4.69, 9.17) is 15.2 Å². The molecule has 1 saturated carbocycles. The Morgan fingerprint density at radius 1 is 1.42 bits per heavy atom. The summed E-state index contributed by atoms with van der Waals surface area (Å²) in [5, 5.41) is 3.08. The number of fused-ring (bicyclic) bond motifs is 1. The Balaban J connectivity index is 1.63. The van der Waals surface area contributed by atoms with Crippen molar-refractivity contribution >= 4 is 5.91 Å². The van der Waals surface area contributed by atoms with Gasteiger partial charge in [-0.25, -0.2) is 0 Å². The first-order chi connectivity index (χ1) is 11.4. The third kappa shape index (κ3) is 2.70. The third-order valence-corrected chi connectivity index (χ3v) is 5.83. The van der Waals surface area contributed by atoms with Crippen LogP contribution in [0.4, 0.5) is 0 Å². The number of hydrogen-bond donors (Lipinski definition) is 2. The molecule has 2 aliphatic rings. The number of rotatable bonds is 5. The van der Waals surface area contributed by atoms with Gasteiger partial charge in [0.1, 0.15) is 11.3 Å². The normalized spacial score (nSPS) is 30.7. The lowest BCUT2D eigenvalue weighted by atomic mass is 9.54. The summed E-state index contributed by atoms with van der Waals surface area (Å²) in [5.41, 5.74) is 6.38. The van der Waals surface area contributed by atoms with Crippen molar-refractivity contribution in [2.75, 3.05) is 19.8 Å². The Labute approximate surface area is 143 Å². The van der Waals surface area contributed by atoms with Crippen molar-refractivity contribution < 1.29 is 14.3 Å². The van der Waals surface area contributed by atoms with Crippen LogP contribution in [0.1, 0.15) is 45.1 Å². The minimum atomic E-state index is -0.864. The number of carbonyl (C=O) groups excluding carboxylic acids is 1. The highest BCUT2D eigenvalue weighted by molar-refractivity contribution is 5.88. The van der Waals surface area contributed by atoms with Gasteiger partial charge < -0.3 is 20.5 Å². The van der Waals surface area contributed by atoms with E-state index in [1.165, 1.54) is 0 Å². The van der Waals surface area contributed by atoms with Crippen molar-refractivity contribution in [1.29, 1.82) is 0 Å². The molecular weight excluding hydrogens is 304 g/mol. The zero-order chi connectivity index (χ0) is 17.4. The maximum Gasteiger partial charge on any atom is 0.240 e. The van der Waals surface area contributed by atoms with Gasteiger partial charge in [0, 0.05) is 30.9 Å². The van der Waals surface area contributed by atoms with Gasteiger partial charge in [0.05, 0.1) is 12.7 Å². The highest BCUT2D eigenvalue weighted by Gasteiger charge is 2.62. The van der Waals surface area contributed by atoms with Gasteiger partial charge in [0.2, 0.25) is 5.91 Å². The fourth-order valence-electron chi connectivity index (χ4n) is 3.82. The number of benzene rings is 1. The molecule has 5 nitrogen and oxygen atoms in total. The molecule has 24 heavy (non-hydrogen) atoms. The van der Waals surface area contributed by atoms with Crippen LogP contribution in [0.25, 0.3) is 0 Å². The van der Waals surface area contributed by atoms with Gasteiger partial charge in [-0.15, -0.1) is 0 Å². The summed E-state index contributed by atoms with van der Waals surface area (Å²) in [7, 11) is 0. The Hall–Kier alpha value is -1.59. The van der Waals surface area contributed by atoms with Crippen molar-refractivity contribution in [2.24, 2.45) is 11.1 Å². The second kappa shape index (κ2) is 6.37. The first-order valence-electron chi connectivity index (χ1n) is 8.80. The number of carbonyl (C=O) groups is 1. The highest BCUT2D eigenvalue weighted by Crippen LogP contribution is 2.49. The predicted octanol–water partition coefficient (Wildman–Crippen LogP) is 2.20. The number of amides is 1. The number of hydrogen-bond acceptors (Lipinski definition) is 4. The van der Waals surface area contributed by atoms with Crippen molar-refractivity contribution in [3.63, 3.8) is 0 Å². The zero-order valence-corrected chi connectivity index (χ0v) is 14.8. The number of ether oxygens (including phenoxy) is 2. The van der Waals surface area contributed by atoms with Crippen LogP contribution in [0.2, 0.25) is 0 Å². The maximum atomic E-state index is 12.7. The molecule has 1 fully saturated rings. The van der Waals surface area contributed by atoms with E-state index in [1.807, 2.05) is 39.0 Å². The second-order valence-corrected chi connectivity index (χ2v) is 7.42.